The van der Waals surface area contributed by atoms with Crippen molar-refractivity contribution in [2.45, 2.75) is 16.8 Å². The summed E-state index contributed by atoms with van der Waals surface area (Å²) >= 11 is 2.70. The minimum atomic E-state index is -3.64. The molecule has 0 unspecified atom stereocenters. The van der Waals surface area contributed by atoms with Crippen LogP contribution in [0.15, 0.2) is 57.2 Å². The van der Waals surface area contributed by atoms with Crippen LogP contribution in [0.1, 0.15) is 5.56 Å². The molecule has 0 bridgehead atoms. The normalized spacial score (nSPS) is 12.6. The third kappa shape index (κ3) is 3.30. The van der Waals surface area contributed by atoms with Gasteiger partial charge in [0.2, 0.25) is 0 Å². The van der Waals surface area contributed by atoms with Crippen molar-refractivity contribution in [2.24, 2.45) is 4.99 Å². The summed E-state index contributed by atoms with van der Waals surface area (Å²) in [6.45, 7) is 5.92. The van der Waals surface area contributed by atoms with Crippen molar-refractivity contribution >= 4 is 33.1 Å². The molecule has 0 spiro atoms. The van der Waals surface area contributed by atoms with Crippen molar-refractivity contribution in [3.63, 3.8) is 0 Å². The monoisotopic (exact) mass is 340 g/mol. The van der Waals surface area contributed by atoms with E-state index in [1.807, 2.05) is 13.2 Å². The fourth-order valence-corrected chi connectivity index (χ4v) is 5.45. The third-order valence-electron chi connectivity index (χ3n) is 2.76. The minimum absolute atomic E-state index is 0.266. The van der Waals surface area contributed by atoms with Gasteiger partial charge in [0.1, 0.15) is 5.03 Å². The lowest BCUT2D eigenvalue weighted by atomic mass is 10.2. The maximum absolute atomic E-state index is 12.8. The summed E-state index contributed by atoms with van der Waals surface area (Å²) in [6, 6.07) is 6.83. The molecule has 0 saturated carbocycles. The van der Waals surface area contributed by atoms with E-state index in [4.69, 9.17) is 0 Å². The molecule has 2 aromatic rings. The van der Waals surface area contributed by atoms with Crippen LogP contribution in [0.3, 0.4) is 0 Å². The Morgan fingerprint density at radius 1 is 1.38 bits per heavy atom. The summed E-state index contributed by atoms with van der Waals surface area (Å²) in [6.07, 6.45) is 3.49. The number of aryl methyl sites for hydroxylation is 1. The molecule has 0 amide bonds. The fraction of sp³-hybridized carbons (Fsp3) is 0.214. The van der Waals surface area contributed by atoms with Crippen LogP contribution in [-0.4, -0.2) is 25.2 Å². The van der Waals surface area contributed by atoms with E-state index in [2.05, 4.69) is 11.6 Å². The highest BCUT2D eigenvalue weighted by atomic mass is 32.2. The molecule has 1 aromatic carbocycles. The Kier molecular flexibility index (Phi) is 5.08. The van der Waals surface area contributed by atoms with E-state index >= 15 is 0 Å². The predicted octanol–water partition coefficient (Wildman–Crippen LogP) is 2.90. The van der Waals surface area contributed by atoms with Crippen molar-refractivity contribution < 1.29 is 8.42 Å². The molecule has 0 radical (unpaired) electrons. The fourth-order valence-electron chi connectivity index (χ4n) is 1.71. The van der Waals surface area contributed by atoms with Gasteiger partial charge in [0.15, 0.2) is 4.80 Å². The molecule has 21 heavy (non-hydrogen) atoms. The van der Waals surface area contributed by atoms with Gasteiger partial charge in [-0.05, 0) is 25.3 Å². The van der Waals surface area contributed by atoms with Gasteiger partial charge < -0.3 is 0 Å². The summed E-state index contributed by atoms with van der Waals surface area (Å²) in [5.74, 6) is 0. The molecule has 1 heterocycles. The number of benzene rings is 1. The largest absolute Gasteiger partial charge is 0.270 e. The van der Waals surface area contributed by atoms with Gasteiger partial charge in [-0.15, -0.1) is 29.7 Å². The zero-order chi connectivity index (χ0) is 15.5. The number of rotatable bonds is 5. The number of nitrogens with zero attached hydrogens (tertiary/aromatic N) is 2. The summed E-state index contributed by atoms with van der Waals surface area (Å²) in [4.78, 5) is 5.00. The van der Waals surface area contributed by atoms with Crippen molar-refractivity contribution in [1.29, 1.82) is 0 Å². The first-order valence-electron chi connectivity index (χ1n) is 6.19. The number of thiazole rings is 1. The Morgan fingerprint density at radius 2 is 2.05 bits per heavy atom. The van der Waals surface area contributed by atoms with Crippen molar-refractivity contribution in [2.75, 3.05) is 12.8 Å². The molecule has 0 saturated heterocycles. The first-order chi connectivity index (χ1) is 10.0. The van der Waals surface area contributed by atoms with Crippen LogP contribution < -0.4 is 4.80 Å². The second-order valence-electron chi connectivity index (χ2n) is 4.27. The molecular formula is C14H16N2O2S3. The Bertz CT molecular complexity index is 799. The van der Waals surface area contributed by atoms with E-state index in [9.17, 15) is 8.42 Å². The van der Waals surface area contributed by atoms with Crippen LogP contribution in [-0.2, 0) is 10.0 Å². The molecule has 0 fully saturated rings. The maximum atomic E-state index is 12.8. The van der Waals surface area contributed by atoms with Crippen molar-refractivity contribution in [3.05, 3.63) is 52.7 Å². The summed E-state index contributed by atoms with van der Waals surface area (Å²) < 4.78 is 27.0. The van der Waals surface area contributed by atoms with E-state index in [0.29, 0.717) is 16.4 Å². The molecule has 7 heteroatoms. The number of aromatic nitrogens is 1. The first-order valence-corrected chi connectivity index (χ1v) is 9.73. The molecular weight excluding hydrogens is 324 g/mol. The topological polar surface area (TPSA) is 51.4 Å². The number of hydrogen-bond donors (Lipinski definition) is 0. The highest BCUT2D eigenvalue weighted by Gasteiger charge is 2.21. The molecule has 4 nitrogen and oxygen atoms in total. The maximum Gasteiger partial charge on any atom is 0.270 e. The Labute approximate surface area is 132 Å². The highest BCUT2D eigenvalue weighted by molar-refractivity contribution is 7.99. The minimum Gasteiger partial charge on any atom is -0.254 e. The molecule has 112 valence electrons. The van der Waals surface area contributed by atoms with Crippen LogP contribution in [0.2, 0.25) is 0 Å². The van der Waals surface area contributed by atoms with Gasteiger partial charge in [-0.25, -0.2) is 12.4 Å². The summed E-state index contributed by atoms with van der Waals surface area (Å²) in [5.41, 5.74) is 1.02. The molecule has 0 aliphatic rings. The van der Waals surface area contributed by atoms with E-state index in [1.165, 1.54) is 27.1 Å². The molecule has 0 aliphatic carbocycles. The first kappa shape index (κ1) is 16.1. The Balaban J connectivity index is 2.66. The van der Waals surface area contributed by atoms with Crippen LogP contribution >= 0.6 is 23.1 Å². The molecule has 0 aliphatic heterocycles. The van der Waals surface area contributed by atoms with Gasteiger partial charge in [-0.1, -0.05) is 23.8 Å². The molecule has 1 aromatic heterocycles. The van der Waals surface area contributed by atoms with Crippen molar-refractivity contribution in [3.8, 4) is 0 Å². The van der Waals surface area contributed by atoms with Crippen LogP contribution in [0.25, 0.3) is 0 Å². The van der Waals surface area contributed by atoms with E-state index in [-0.39, 0.29) is 4.90 Å². The number of thioether (sulfide) groups is 1. The van der Waals surface area contributed by atoms with Crippen LogP contribution in [0, 0.1) is 6.92 Å². The second-order valence-corrected chi connectivity index (χ2v) is 7.72. The standard InChI is InChI=1S/C14H16N2O2S3/c1-4-9-15-14-16(13(19-3)10-20-14)21(17,18)12-7-5-11(2)6-8-12/h4-8,10H,1,9H2,2-3H3. The zero-order valence-corrected chi connectivity index (χ0v) is 14.3. The molecule has 0 N–H and O–H groups in total. The smallest absolute Gasteiger partial charge is 0.254 e. The summed E-state index contributed by atoms with van der Waals surface area (Å²) in [5, 5.41) is 2.46. The van der Waals surface area contributed by atoms with Gasteiger partial charge in [-0.2, -0.15) is 0 Å². The lowest BCUT2D eigenvalue weighted by Gasteiger charge is -2.09. The SMILES string of the molecule is C=CCN=c1scc(SC)n1S(=O)(=O)c1ccc(C)cc1. The second kappa shape index (κ2) is 6.64. The molecule has 0 atom stereocenters. The van der Waals surface area contributed by atoms with Crippen LogP contribution in [0.4, 0.5) is 0 Å². The quantitative estimate of drug-likeness (QED) is 0.621. The third-order valence-corrected chi connectivity index (χ3v) is 6.44. The van der Waals surface area contributed by atoms with E-state index in [0.717, 1.165) is 5.56 Å². The lowest BCUT2D eigenvalue weighted by Crippen LogP contribution is -2.25. The van der Waals surface area contributed by atoms with Gasteiger partial charge in [0.25, 0.3) is 10.0 Å². The Morgan fingerprint density at radius 3 is 2.62 bits per heavy atom. The Hall–Kier alpha value is -1.31. The van der Waals surface area contributed by atoms with E-state index in [1.54, 1.807) is 35.7 Å². The van der Waals surface area contributed by atoms with E-state index < -0.39 is 10.0 Å². The molecule has 2 rings (SSSR count). The van der Waals surface area contributed by atoms with Gasteiger partial charge in [-0.3, -0.25) is 4.99 Å². The average Bonchev–Trinajstić information content (AvgIpc) is 2.89. The van der Waals surface area contributed by atoms with Gasteiger partial charge in [0, 0.05) is 5.38 Å². The highest BCUT2D eigenvalue weighted by Crippen LogP contribution is 2.22. The number of hydrogen-bond acceptors (Lipinski definition) is 5. The van der Waals surface area contributed by atoms with Gasteiger partial charge in [0.05, 0.1) is 11.4 Å². The lowest BCUT2D eigenvalue weighted by molar-refractivity contribution is 0.581. The predicted molar refractivity (Wildman–Crippen MR) is 88.5 cm³/mol. The van der Waals surface area contributed by atoms with Crippen molar-refractivity contribution in [1.82, 2.24) is 3.97 Å². The van der Waals surface area contributed by atoms with Crippen LogP contribution in [0.5, 0.6) is 0 Å². The average molecular weight is 340 g/mol. The van der Waals surface area contributed by atoms with Gasteiger partial charge >= 0.3 is 0 Å². The summed E-state index contributed by atoms with van der Waals surface area (Å²) in [7, 11) is -3.64. The zero-order valence-electron chi connectivity index (χ0n) is 11.8.